The summed E-state index contributed by atoms with van der Waals surface area (Å²) in [5.41, 5.74) is 0. The predicted molar refractivity (Wildman–Crippen MR) is 29.2 cm³/mol. The van der Waals surface area contributed by atoms with E-state index in [4.69, 9.17) is 9.41 Å². The normalized spacial score (nSPS) is 0.667. The molecule has 0 spiro atoms. The molecule has 0 atom stereocenters. The Balaban J connectivity index is -0.00000000114. The summed E-state index contributed by atoms with van der Waals surface area (Å²) in [6, 6.07) is 0. The maximum Gasteiger partial charge on any atom is 3.00 e. The van der Waals surface area contributed by atoms with Crippen molar-refractivity contribution in [2.45, 2.75) is 0 Å². The molecular weight excluding hydrogens is 520 g/mol. The van der Waals surface area contributed by atoms with Gasteiger partial charge in [0.1, 0.15) is 0 Å². The first-order valence-corrected chi connectivity index (χ1v) is 0.577. The van der Waals surface area contributed by atoms with E-state index in [-0.39, 0.29) is 68.8 Å². The van der Waals surface area contributed by atoms with Crippen LogP contribution in [0.15, 0.2) is 0 Å². The SMILES string of the molecule is B=O.B=O.[Bi+3].[Bi+3].[O-2].[O-2].[O-2]. The van der Waals surface area contributed by atoms with Gasteiger partial charge in [-0.25, -0.2) is 0 Å². The molecule has 0 amide bonds. The molecule has 0 aromatic carbocycles. The molecule has 9 heavy (non-hydrogen) atoms. The Morgan fingerprint density at radius 1 is 0.556 bits per heavy atom. The zero-order valence-corrected chi connectivity index (χ0v) is 11.3. The van der Waals surface area contributed by atoms with Crippen molar-refractivity contribution < 1.29 is 25.8 Å². The first-order valence-electron chi connectivity index (χ1n) is 0.577. The van der Waals surface area contributed by atoms with Gasteiger partial charge in [-0.05, 0) is 0 Å². The van der Waals surface area contributed by atoms with Crippen LogP contribution in [0.4, 0.5) is 0 Å². The minimum absolute atomic E-state index is 0. The Hall–Kier alpha value is 1.38. The van der Waals surface area contributed by atoms with Crippen LogP contribution in [0.5, 0.6) is 0 Å². The van der Waals surface area contributed by atoms with E-state index in [0.717, 1.165) is 0 Å². The van der Waals surface area contributed by atoms with Crippen molar-refractivity contribution in [2.24, 2.45) is 0 Å². The maximum atomic E-state index is 8.00. The van der Waals surface area contributed by atoms with Crippen LogP contribution in [-0.4, -0.2) is 67.8 Å². The minimum atomic E-state index is 0. The van der Waals surface area contributed by atoms with Crippen LogP contribution in [-0.2, 0) is 25.8 Å². The number of hydrogen-bond donors (Lipinski definition) is 0. The molecule has 0 fully saturated rings. The molecular formula is H2B2Bi2O5. The minimum Gasteiger partial charge on any atom is -2.00 e. The molecule has 0 aliphatic carbocycles. The summed E-state index contributed by atoms with van der Waals surface area (Å²) in [7, 11) is 4.00. The van der Waals surface area contributed by atoms with Crippen LogP contribution in [0.3, 0.4) is 0 Å². The van der Waals surface area contributed by atoms with E-state index in [9.17, 15) is 0 Å². The van der Waals surface area contributed by atoms with Gasteiger partial charge in [0.05, 0.1) is 0 Å². The monoisotopic (exact) mass is 522 g/mol. The van der Waals surface area contributed by atoms with Crippen LogP contribution < -0.4 is 0 Å². The fourth-order valence-electron chi connectivity index (χ4n) is 0. The molecule has 48 valence electrons. The molecule has 0 bridgehead atoms. The van der Waals surface area contributed by atoms with Crippen molar-refractivity contribution in [1.29, 1.82) is 0 Å². The van der Waals surface area contributed by atoms with Gasteiger partial charge in [0.2, 0.25) is 0 Å². The van der Waals surface area contributed by atoms with Crippen molar-refractivity contribution in [1.82, 2.24) is 0 Å². The van der Waals surface area contributed by atoms with Crippen molar-refractivity contribution in [3.05, 3.63) is 0 Å². The van der Waals surface area contributed by atoms with Crippen molar-refractivity contribution in [2.75, 3.05) is 0 Å². The Labute approximate surface area is 93.0 Å². The summed E-state index contributed by atoms with van der Waals surface area (Å²) in [5, 5.41) is 0. The zero-order chi connectivity index (χ0) is 4.00. The number of rotatable bonds is 0. The molecule has 0 aliphatic rings. The number of hydrogen-bond acceptors (Lipinski definition) is 2. The van der Waals surface area contributed by atoms with Crippen LogP contribution in [0, 0.1) is 0 Å². The van der Waals surface area contributed by atoms with E-state index in [1.165, 1.54) is 0 Å². The Kier molecular flexibility index (Phi) is 3090. The molecule has 4 radical (unpaired) electrons. The van der Waals surface area contributed by atoms with Crippen LogP contribution >= 0.6 is 0 Å². The third kappa shape index (κ3) is 269. The Bertz CT molecular complexity index is 14.9. The maximum absolute atomic E-state index is 8.00. The molecule has 0 heterocycles. The molecule has 0 rings (SSSR count). The molecule has 0 saturated carbocycles. The van der Waals surface area contributed by atoms with Crippen molar-refractivity contribution in [3.8, 4) is 0 Å². The van der Waals surface area contributed by atoms with E-state index in [0.29, 0.717) is 0 Å². The average Bonchev–Trinajstić information content (AvgIpc) is 1.50. The summed E-state index contributed by atoms with van der Waals surface area (Å²) < 4.78 is 16.0. The average molecular weight is 522 g/mol. The Morgan fingerprint density at radius 3 is 0.556 bits per heavy atom. The summed E-state index contributed by atoms with van der Waals surface area (Å²) in [6.45, 7) is 0. The molecule has 0 aromatic rings. The van der Waals surface area contributed by atoms with E-state index in [1.807, 2.05) is 15.4 Å². The summed E-state index contributed by atoms with van der Waals surface area (Å²) >= 11 is 0. The van der Waals surface area contributed by atoms with Gasteiger partial charge in [-0.1, -0.05) is 0 Å². The second-order valence-electron chi connectivity index (χ2n) is 0. The van der Waals surface area contributed by atoms with Gasteiger partial charge in [-0.2, -0.15) is 0 Å². The summed E-state index contributed by atoms with van der Waals surface area (Å²) in [6.07, 6.45) is 0. The predicted octanol–water partition coefficient (Wildman–Crippen LogP) is -2.65. The quantitative estimate of drug-likeness (QED) is 0.324. The third-order valence-corrected chi connectivity index (χ3v) is 0. The van der Waals surface area contributed by atoms with E-state index >= 15 is 0 Å². The molecule has 0 aliphatic heterocycles. The largest absolute Gasteiger partial charge is 3.00 e. The summed E-state index contributed by atoms with van der Waals surface area (Å²) in [4.78, 5) is 0. The molecule has 9 heteroatoms. The van der Waals surface area contributed by atoms with Gasteiger partial charge in [-0.15, -0.1) is 0 Å². The van der Waals surface area contributed by atoms with Crippen LogP contribution in [0.1, 0.15) is 0 Å². The van der Waals surface area contributed by atoms with Gasteiger partial charge in [0, 0.05) is 0 Å². The van der Waals surface area contributed by atoms with E-state index < -0.39 is 0 Å². The van der Waals surface area contributed by atoms with Crippen LogP contribution in [0.2, 0.25) is 0 Å². The molecule has 0 unspecified atom stereocenters. The van der Waals surface area contributed by atoms with Crippen LogP contribution in [0.25, 0.3) is 0 Å². The first-order chi connectivity index (χ1) is 2.00. The Morgan fingerprint density at radius 2 is 0.556 bits per heavy atom. The van der Waals surface area contributed by atoms with E-state index in [2.05, 4.69) is 0 Å². The topological polar surface area (TPSA) is 120 Å². The molecule has 0 saturated heterocycles. The van der Waals surface area contributed by atoms with Gasteiger partial charge >= 0.3 is 77.2 Å². The van der Waals surface area contributed by atoms with E-state index in [1.54, 1.807) is 0 Å². The second-order valence-corrected chi connectivity index (χ2v) is 0. The smallest absolute Gasteiger partial charge is 2.00 e. The standard InChI is InChI=1S/2BHO.2Bi.3O/c2*1-2;;;;;/h2*1H;;;;;/q;;2*+3;3*-2. The van der Waals surface area contributed by atoms with Crippen molar-refractivity contribution >= 4 is 67.8 Å². The van der Waals surface area contributed by atoms with Gasteiger partial charge < -0.3 is 16.4 Å². The third-order valence-electron chi connectivity index (χ3n) is 0. The first kappa shape index (κ1) is 80.0. The fourth-order valence-corrected chi connectivity index (χ4v) is 0. The molecule has 0 N–H and O–H groups in total. The summed E-state index contributed by atoms with van der Waals surface area (Å²) in [5.74, 6) is 0. The van der Waals surface area contributed by atoms with Crippen molar-refractivity contribution in [3.63, 3.8) is 0 Å². The molecule has 5 nitrogen and oxygen atoms in total. The zero-order valence-electron chi connectivity index (χ0n) is 4.35. The van der Waals surface area contributed by atoms with Gasteiger partial charge in [0.25, 0.3) is 0 Å². The second kappa shape index (κ2) is 347. The van der Waals surface area contributed by atoms with Gasteiger partial charge in [0.15, 0.2) is 0 Å². The van der Waals surface area contributed by atoms with Gasteiger partial charge in [-0.3, -0.25) is 0 Å². The fraction of sp³-hybridized carbons (Fsp3) is 0. The molecule has 0 aromatic heterocycles.